The lowest BCUT2D eigenvalue weighted by molar-refractivity contribution is -0.121. The zero-order valence-corrected chi connectivity index (χ0v) is 19.7. The molecule has 5 rings (SSSR count). The molecule has 0 fully saturated rings. The van der Waals surface area contributed by atoms with Crippen LogP contribution in [0.4, 0.5) is 10.1 Å². The zero-order chi connectivity index (χ0) is 24.9. The van der Waals surface area contributed by atoms with Gasteiger partial charge in [0.15, 0.2) is 11.2 Å². The minimum atomic E-state index is -1.60. The number of anilines is 1. The van der Waals surface area contributed by atoms with Gasteiger partial charge in [0.1, 0.15) is 23.0 Å². The van der Waals surface area contributed by atoms with Crippen LogP contribution in [0.25, 0.3) is 0 Å². The number of rotatable bonds is 4. The summed E-state index contributed by atoms with van der Waals surface area (Å²) < 4.78 is 24.9. The number of nitrogens with zero attached hydrogens (tertiary/aromatic N) is 2. The molecule has 0 radical (unpaired) electrons. The molecule has 2 aliphatic rings. The van der Waals surface area contributed by atoms with E-state index in [1.165, 1.54) is 28.4 Å². The number of hydrogen-bond donors (Lipinski definition) is 1. The highest BCUT2D eigenvalue weighted by Gasteiger charge is 2.60. The molecule has 2 N–H and O–H groups in total. The molecule has 35 heavy (non-hydrogen) atoms. The molecule has 1 aromatic heterocycles. The van der Waals surface area contributed by atoms with Crippen LogP contribution in [0.5, 0.6) is 5.75 Å². The predicted octanol–water partition coefficient (Wildman–Crippen LogP) is 4.29. The molecule has 0 unspecified atom stereocenters. The fraction of sp³-hybridized carbons (Fsp3) is 0.192. The van der Waals surface area contributed by atoms with E-state index in [1.807, 2.05) is 0 Å². The maximum Gasteiger partial charge on any atom is 0.343 e. The van der Waals surface area contributed by atoms with E-state index in [-0.39, 0.29) is 35.9 Å². The number of hydrogen-bond acceptors (Lipinski definition) is 7. The lowest BCUT2D eigenvalue weighted by atomic mass is 9.72. The van der Waals surface area contributed by atoms with Crippen LogP contribution in [0, 0.1) is 24.1 Å². The Morgan fingerprint density at radius 3 is 2.77 bits per heavy atom. The van der Waals surface area contributed by atoms with Crippen LogP contribution in [-0.4, -0.2) is 18.5 Å². The summed E-state index contributed by atoms with van der Waals surface area (Å²) in [6.07, 6.45) is 0. The number of nitriles is 1. The van der Waals surface area contributed by atoms with Crippen LogP contribution < -0.4 is 15.4 Å². The van der Waals surface area contributed by atoms with Crippen LogP contribution in [-0.2, 0) is 21.5 Å². The van der Waals surface area contributed by atoms with E-state index in [0.717, 1.165) is 0 Å². The number of esters is 1. The standard InChI is InChI=1S/C26H20FN3O4S/c1-3-33-24(31)20-14(2)35-22-21(20)34-23(29)18(12-28)26(22)17-9-4-5-10-19(17)30(25(26)32)13-15-7-6-8-16(27)11-15/h4-11H,3,13,29H2,1-2H3/t26-/m0/s1. The maximum absolute atomic E-state index is 14.3. The highest BCUT2D eigenvalue weighted by atomic mass is 32.1. The lowest BCUT2D eigenvalue weighted by Gasteiger charge is -2.32. The molecule has 1 atom stereocenters. The first kappa shape index (κ1) is 22.6. The van der Waals surface area contributed by atoms with Crippen molar-refractivity contribution in [1.82, 2.24) is 0 Å². The topological polar surface area (TPSA) is 106 Å². The molecule has 1 amide bonds. The van der Waals surface area contributed by atoms with Crippen molar-refractivity contribution in [2.24, 2.45) is 5.73 Å². The molecule has 7 nitrogen and oxygen atoms in total. The van der Waals surface area contributed by atoms with Crippen molar-refractivity contribution in [3.63, 3.8) is 0 Å². The summed E-state index contributed by atoms with van der Waals surface area (Å²) in [4.78, 5) is 29.6. The number of benzene rings is 2. The van der Waals surface area contributed by atoms with Crippen LogP contribution in [0.2, 0.25) is 0 Å². The predicted molar refractivity (Wildman–Crippen MR) is 127 cm³/mol. The summed E-state index contributed by atoms with van der Waals surface area (Å²) in [7, 11) is 0. The van der Waals surface area contributed by atoms with E-state index in [0.29, 0.717) is 26.6 Å². The Hall–Kier alpha value is -4.16. The van der Waals surface area contributed by atoms with Crippen molar-refractivity contribution < 1.29 is 23.5 Å². The fourth-order valence-electron chi connectivity index (χ4n) is 4.80. The summed E-state index contributed by atoms with van der Waals surface area (Å²) in [5.41, 5.74) is 6.44. The number of carbonyl (C=O) groups excluding carboxylic acids is 2. The monoisotopic (exact) mass is 489 g/mol. The fourth-order valence-corrected chi connectivity index (χ4v) is 6.07. The van der Waals surface area contributed by atoms with E-state index < -0.39 is 23.1 Å². The van der Waals surface area contributed by atoms with Gasteiger partial charge in [-0.3, -0.25) is 4.79 Å². The van der Waals surface area contributed by atoms with Crippen LogP contribution in [0.1, 0.15) is 38.2 Å². The van der Waals surface area contributed by atoms with E-state index in [1.54, 1.807) is 50.2 Å². The van der Waals surface area contributed by atoms with Crippen LogP contribution in [0.3, 0.4) is 0 Å². The molecule has 9 heteroatoms. The third kappa shape index (κ3) is 3.14. The highest BCUT2D eigenvalue weighted by Crippen LogP contribution is 2.58. The minimum absolute atomic E-state index is 0.0548. The second-order valence-corrected chi connectivity index (χ2v) is 9.38. The van der Waals surface area contributed by atoms with E-state index in [2.05, 4.69) is 6.07 Å². The van der Waals surface area contributed by atoms with Crippen molar-refractivity contribution >= 4 is 28.9 Å². The number of fused-ring (bicyclic) bond motifs is 4. The van der Waals surface area contributed by atoms with Crippen molar-refractivity contribution in [3.05, 3.63) is 92.2 Å². The summed E-state index contributed by atoms with van der Waals surface area (Å²) in [6.45, 7) is 3.66. The largest absolute Gasteiger partial charge is 0.462 e. The molecule has 176 valence electrons. The molecule has 1 spiro atoms. The Balaban J connectivity index is 1.77. The number of amides is 1. The molecule has 3 heterocycles. The summed E-state index contributed by atoms with van der Waals surface area (Å²) >= 11 is 1.19. The van der Waals surface area contributed by atoms with Gasteiger partial charge in [0, 0.05) is 16.1 Å². The first-order valence-corrected chi connectivity index (χ1v) is 11.7. The third-order valence-electron chi connectivity index (χ3n) is 6.20. The SMILES string of the molecule is CCOC(=O)c1c(C)sc2c1OC(N)=C(C#N)[C@]21C(=O)N(Cc2cccc(F)c2)c2ccccc21. The number of nitrogens with two attached hydrogens (primary N) is 1. The number of carbonyl (C=O) groups is 2. The van der Waals surface area contributed by atoms with Gasteiger partial charge in [-0.25, -0.2) is 9.18 Å². The van der Waals surface area contributed by atoms with Gasteiger partial charge < -0.3 is 20.1 Å². The zero-order valence-electron chi connectivity index (χ0n) is 18.9. The van der Waals surface area contributed by atoms with E-state index >= 15 is 0 Å². The van der Waals surface area contributed by atoms with Crippen LogP contribution in [0.15, 0.2) is 60.0 Å². The molecule has 0 bridgehead atoms. The number of thiophene rings is 1. The molecule has 0 aliphatic carbocycles. The number of ether oxygens (including phenoxy) is 2. The van der Waals surface area contributed by atoms with Crippen LogP contribution >= 0.6 is 11.3 Å². The van der Waals surface area contributed by atoms with Gasteiger partial charge in [-0.15, -0.1) is 11.3 Å². The molecule has 2 aromatic carbocycles. The average molecular weight is 490 g/mol. The molecular formula is C26H20FN3O4S. The second kappa shape index (κ2) is 8.25. The molecule has 0 saturated heterocycles. The van der Waals surface area contributed by atoms with Crippen molar-refractivity contribution in [2.45, 2.75) is 25.8 Å². The quantitative estimate of drug-likeness (QED) is 0.548. The van der Waals surface area contributed by atoms with Gasteiger partial charge in [-0.05, 0) is 37.6 Å². The molecule has 2 aliphatic heterocycles. The Morgan fingerprint density at radius 1 is 1.29 bits per heavy atom. The summed E-state index contributed by atoms with van der Waals surface area (Å²) in [6, 6.07) is 15.2. The first-order chi connectivity index (χ1) is 16.8. The average Bonchev–Trinajstić information content (AvgIpc) is 3.28. The first-order valence-electron chi connectivity index (χ1n) is 10.9. The smallest absolute Gasteiger partial charge is 0.343 e. The maximum atomic E-state index is 14.3. The Bertz CT molecular complexity index is 1470. The van der Waals surface area contributed by atoms with Gasteiger partial charge in [0.05, 0.1) is 18.0 Å². The summed E-state index contributed by atoms with van der Waals surface area (Å²) in [5, 5.41) is 10.2. The van der Waals surface area contributed by atoms with Gasteiger partial charge in [-0.1, -0.05) is 30.3 Å². The molecular weight excluding hydrogens is 469 g/mol. The van der Waals surface area contributed by atoms with Crippen molar-refractivity contribution in [3.8, 4) is 11.8 Å². The number of aryl methyl sites for hydroxylation is 1. The van der Waals surface area contributed by atoms with Gasteiger partial charge in [0.25, 0.3) is 0 Å². The Morgan fingerprint density at radius 2 is 2.06 bits per heavy atom. The summed E-state index contributed by atoms with van der Waals surface area (Å²) in [5.74, 6) is -1.57. The normalized spacial score (nSPS) is 18.2. The molecule has 0 saturated carbocycles. The van der Waals surface area contributed by atoms with Gasteiger partial charge in [-0.2, -0.15) is 5.26 Å². The van der Waals surface area contributed by atoms with E-state index in [9.17, 15) is 19.2 Å². The minimum Gasteiger partial charge on any atom is -0.462 e. The number of para-hydroxylation sites is 1. The van der Waals surface area contributed by atoms with Gasteiger partial charge in [0.2, 0.25) is 11.8 Å². The van der Waals surface area contributed by atoms with E-state index in [4.69, 9.17) is 15.2 Å². The Kier molecular flexibility index (Phi) is 5.33. The Labute approximate surface area is 204 Å². The lowest BCUT2D eigenvalue weighted by Crippen LogP contribution is -2.45. The highest BCUT2D eigenvalue weighted by molar-refractivity contribution is 7.13. The van der Waals surface area contributed by atoms with Crippen molar-refractivity contribution in [1.29, 1.82) is 5.26 Å². The van der Waals surface area contributed by atoms with Crippen molar-refractivity contribution in [2.75, 3.05) is 11.5 Å². The second-order valence-electron chi connectivity index (χ2n) is 8.15. The number of halogens is 1. The molecule has 3 aromatic rings. The third-order valence-corrected chi connectivity index (χ3v) is 7.41. The van der Waals surface area contributed by atoms with Gasteiger partial charge >= 0.3 is 5.97 Å².